The Bertz CT molecular complexity index is 262. The van der Waals surface area contributed by atoms with Crippen molar-refractivity contribution in [3.05, 3.63) is 0 Å². The van der Waals surface area contributed by atoms with Gasteiger partial charge in [0.2, 0.25) is 5.91 Å². The van der Waals surface area contributed by atoms with E-state index in [1.807, 2.05) is 0 Å². The van der Waals surface area contributed by atoms with Crippen LogP contribution in [0.3, 0.4) is 0 Å². The molecule has 0 spiro atoms. The van der Waals surface area contributed by atoms with Gasteiger partial charge in [0.1, 0.15) is 0 Å². The third-order valence-corrected chi connectivity index (χ3v) is 3.11. The Kier molecular flexibility index (Phi) is 5.97. The number of nitrogens with two attached hydrogens (primary N) is 1. The first-order valence-electron chi connectivity index (χ1n) is 6.35. The molecule has 17 heavy (non-hydrogen) atoms. The van der Waals surface area contributed by atoms with Crippen molar-refractivity contribution < 1.29 is 14.3 Å². The van der Waals surface area contributed by atoms with Gasteiger partial charge in [-0.15, -0.1) is 0 Å². The maximum absolute atomic E-state index is 11.6. The SMILES string of the molecule is CCOC(=O)C(N)C(=O)NCC1CCCCC1. The summed E-state index contributed by atoms with van der Waals surface area (Å²) in [6.07, 6.45) is 6.03. The van der Waals surface area contributed by atoms with Gasteiger partial charge >= 0.3 is 5.97 Å². The Balaban J connectivity index is 2.25. The second-order valence-electron chi connectivity index (χ2n) is 4.48. The van der Waals surface area contributed by atoms with E-state index in [2.05, 4.69) is 5.32 Å². The van der Waals surface area contributed by atoms with Crippen LogP contribution in [0.1, 0.15) is 39.0 Å². The van der Waals surface area contributed by atoms with Gasteiger partial charge in [-0.25, -0.2) is 4.79 Å². The molecule has 3 N–H and O–H groups in total. The van der Waals surface area contributed by atoms with Gasteiger partial charge in [0.25, 0.3) is 0 Å². The molecule has 0 aliphatic heterocycles. The molecule has 1 saturated carbocycles. The van der Waals surface area contributed by atoms with Crippen molar-refractivity contribution in [3.8, 4) is 0 Å². The average molecular weight is 242 g/mol. The first kappa shape index (κ1) is 14.0. The van der Waals surface area contributed by atoms with Gasteiger partial charge in [-0.3, -0.25) is 4.79 Å². The molecular formula is C12H22N2O3. The summed E-state index contributed by atoms with van der Waals surface area (Å²) in [5, 5.41) is 2.73. The molecular weight excluding hydrogens is 220 g/mol. The second kappa shape index (κ2) is 7.27. The Labute approximate surface area is 102 Å². The van der Waals surface area contributed by atoms with Crippen LogP contribution >= 0.6 is 0 Å². The molecule has 0 aromatic rings. The van der Waals surface area contributed by atoms with E-state index in [-0.39, 0.29) is 6.61 Å². The molecule has 0 saturated heterocycles. The van der Waals surface area contributed by atoms with E-state index in [0.717, 1.165) is 12.8 Å². The van der Waals surface area contributed by atoms with Crippen LogP contribution in [0, 0.1) is 5.92 Å². The van der Waals surface area contributed by atoms with Crippen molar-refractivity contribution >= 4 is 11.9 Å². The van der Waals surface area contributed by atoms with Gasteiger partial charge in [0.05, 0.1) is 6.61 Å². The highest BCUT2D eigenvalue weighted by Gasteiger charge is 2.24. The van der Waals surface area contributed by atoms with Crippen molar-refractivity contribution in [3.63, 3.8) is 0 Å². The zero-order chi connectivity index (χ0) is 12.7. The number of nitrogens with one attached hydrogen (secondary N) is 1. The van der Waals surface area contributed by atoms with Gasteiger partial charge in [-0.05, 0) is 25.7 Å². The molecule has 1 fully saturated rings. The molecule has 1 aliphatic rings. The predicted molar refractivity (Wildman–Crippen MR) is 64.2 cm³/mol. The Morgan fingerprint density at radius 3 is 2.59 bits per heavy atom. The lowest BCUT2D eigenvalue weighted by Gasteiger charge is -2.22. The minimum atomic E-state index is -1.20. The van der Waals surface area contributed by atoms with E-state index in [0.29, 0.717) is 12.5 Å². The molecule has 98 valence electrons. The molecule has 0 radical (unpaired) electrons. The summed E-state index contributed by atoms with van der Waals surface area (Å²) in [6, 6.07) is -1.20. The van der Waals surface area contributed by atoms with Crippen LogP contribution < -0.4 is 11.1 Å². The van der Waals surface area contributed by atoms with Gasteiger partial charge < -0.3 is 15.8 Å². The van der Waals surface area contributed by atoms with Crippen LogP contribution in [0.25, 0.3) is 0 Å². The van der Waals surface area contributed by atoms with Crippen LogP contribution in [-0.2, 0) is 14.3 Å². The van der Waals surface area contributed by atoms with Crippen LogP contribution in [0.15, 0.2) is 0 Å². The Hall–Kier alpha value is -1.10. The number of esters is 1. The van der Waals surface area contributed by atoms with Gasteiger partial charge in [-0.2, -0.15) is 0 Å². The van der Waals surface area contributed by atoms with Crippen molar-refractivity contribution in [1.82, 2.24) is 5.32 Å². The van der Waals surface area contributed by atoms with E-state index in [9.17, 15) is 9.59 Å². The number of ether oxygens (including phenoxy) is 1. The molecule has 1 aliphatic carbocycles. The quantitative estimate of drug-likeness (QED) is 0.545. The molecule has 0 aromatic carbocycles. The summed E-state index contributed by atoms with van der Waals surface area (Å²) in [5.74, 6) is -0.565. The molecule has 1 rings (SSSR count). The van der Waals surface area contributed by atoms with Crippen molar-refractivity contribution in [2.75, 3.05) is 13.2 Å². The van der Waals surface area contributed by atoms with Gasteiger partial charge in [-0.1, -0.05) is 19.3 Å². The van der Waals surface area contributed by atoms with Gasteiger partial charge in [0.15, 0.2) is 6.04 Å². The van der Waals surface area contributed by atoms with Crippen LogP contribution in [-0.4, -0.2) is 31.1 Å². The number of carbonyl (C=O) groups is 2. The second-order valence-corrected chi connectivity index (χ2v) is 4.48. The number of carbonyl (C=O) groups excluding carboxylic acids is 2. The molecule has 0 heterocycles. The standard InChI is InChI=1S/C12H22N2O3/c1-2-17-12(16)10(13)11(15)14-8-9-6-4-3-5-7-9/h9-10H,2-8,13H2,1H3,(H,14,15). The molecule has 1 unspecified atom stereocenters. The molecule has 0 aromatic heterocycles. The third kappa shape index (κ3) is 4.73. The number of amides is 1. The fourth-order valence-electron chi connectivity index (χ4n) is 2.09. The Morgan fingerprint density at radius 2 is 2.00 bits per heavy atom. The highest BCUT2D eigenvalue weighted by Crippen LogP contribution is 2.22. The highest BCUT2D eigenvalue weighted by atomic mass is 16.5. The predicted octanol–water partition coefficient (Wildman–Crippen LogP) is 0.573. The Morgan fingerprint density at radius 1 is 1.35 bits per heavy atom. The molecule has 5 heteroatoms. The average Bonchev–Trinajstić information content (AvgIpc) is 2.36. The molecule has 1 amide bonds. The monoisotopic (exact) mass is 242 g/mol. The third-order valence-electron chi connectivity index (χ3n) is 3.11. The lowest BCUT2D eigenvalue weighted by Crippen LogP contribution is -2.48. The zero-order valence-corrected chi connectivity index (χ0v) is 10.4. The fourth-order valence-corrected chi connectivity index (χ4v) is 2.09. The lowest BCUT2D eigenvalue weighted by molar-refractivity contribution is -0.148. The maximum Gasteiger partial charge on any atom is 0.332 e. The van der Waals surface area contributed by atoms with Crippen LogP contribution in [0.5, 0.6) is 0 Å². The molecule has 5 nitrogen and oxygen atoms in total. The minimum absolute atomic E-state index is 0.239. The van der Waals surface area contributed by atoms with Crippen molar-refractivity contribution in [2.24, 2.45) is 11.7 Å². The smallest absolute Gasteiger partial charge is 0.332 e. The molecule has 1 atom stereocenters. The van der Waals surface area contributed by atoms with E-state index in [4.69, 9.17) is 10.5 Å². The summed E-state index contributed by atoms with van der Waals surface area (Å²) < 4.78 is 4.69. The van der Waals surface area contributed by atoms with E-state index >= 15 is 0 Å². The van der Waals surface area contributed by atoms with E-state index < -0.39 is 17.9 Å². The summed E-state index contributed by atoms with van der Waals surface area (Å²) >= 11 is 0. The van der Waals surface area contributed by atoms with Crippen molar-refractivity contribution in [2.45, 2.75) is 45.1 Å². The topological polar surface area (TPSA) is 81.4 Å². The number of hydrogen-bond acceptors (Lipinski definition) is 4. The maximum atomic E-state index is 11.6. The van der Waals surface area contributed by atoms with Crippen molar-refractivity contribution in [1.29, 1.82) is 0 Å². The van der Waals surface area contributed by atoms with Crippen LogP contribution in [0.4, 0.5) is 0 Å². The summed E-state index contributed by atoms with van der Waals surface area (Å²) in [4.78, 5) is 22.8. The molecule has 0 bridgehead atoms. The zero-order valence-electron chi connectivity index (χ0n) is 10.4. The first-order chi connectivity index (χ1) is 8.15. The van der Waals surface area contributed by atoms with E-state index in [1.54, 1.807) is 6.92 Å². The summed E-state index contributed by atoms with van der Waals surface area (Å²) in [7, 11) is 0. The minimum Gasteiger partial charge on any atom is -0.464 e. The van der Waals surface area contributed by atoms with E-state index in [1.165, 1.54) is 19.3 Å². The highest BCUT2D eigenvalue weighted by molar-refractivity contribution is 6.01. The van der Waals surface area contributed by atoms with Gasteiger partial charge in [0, 0.05) is 6.54 Å². The normalized spacial score (nSPS) is 18.5. The largest absolute Gasteiger partial charge is 0.464 e. The number of rotatable bonds is 5. The number of hydrogen-bond donors (Lipinski definition) is 2. The summed E-state index contributed by atoms with van der Waals surface area (Å²) in [6.45, 7) is 2.54. The lowest BCUT2D eigenvalue weighted by atomic mass is 9.89. The summed E-state index contributed by atoms with van der Waals surface area (Å²) in [5.41, 5.74) is 5.48. The first-order valence-corrected chi connectivity index (χ1v) is 6.35. The van der Waals surface area contributed by atoms with Crippen LogP contribution in [0.2, 0.25) is 0 Å². The fraction of sp³-hybridized carbons (Fsp3) is 0.833.